The summed E-state index contributed by atoms with van der Waals surface area (Å²) < 4.78 is 40.7. The van der Waals surface area contributed by atoms with Gasteiger partial charge in [-0.25, -0.2) is 17.5 Å². The number of sulfonamides is 1. The summed E-state index contributed by atoms with van der Waals surface area (Å²) in [7, 11) is -4.00. The van der Waals surface area contributed by atoms with Crippen molar-refractivity contribution in [1.82, 2.24) is 14.5 Å². The molecule has 8 heteroatoms. The van der Waals surface area contributed by atoms with Crippen LogP contribution in [0, 0.1) is 5.82 Å². The molecule has 0 aliphatic carbocycles. The summed E-state index contributed by atoms with van der Waals surface area (Å²) in [4.78, 5) is 0. The summed E-state index contributed by atoms with van der Waals surface area (Å²) in [5, 5.41) is 12.1. The maximum Gasteiger partial charge on any atom is 0.263 e. The highest BCUT2D eigenvalue weighted by Crippen LogP contribution is 2.14. The van der Waals surface area contributed by atoms with E-state index in [1.54, 1.807) is 20.8 Å². The predicted molar refractivity (Wildman–Crippen MR) is 63.9 cm³/mol. The van der Waals surface area contributed by atoms with Crippen molar-refractivity contribution in [3.63, 3.8) is 0 Å². The van der Waals surface area contributed by atoms with Gasteiger partial charge in [0.15, 0.2) is 5.82 Å². The molecular weight excluding hydrogens is 261 g/mol. The first-order valence-corrected chi connectivity index (χ1v) is 6.94. The lowest BCUT2D eigenvalue weighted by molar-refractivity contribution is 0.168. The predicted octanol–water partition coefficient (Wildman–Crippen LogP) is 0.480. The molecule has 0 aliphatic heterocycles. The Morgan fingerprint density at radius 3 is 2.56 bits per heavy atom. The Morgan fingerprint density at radius 1 is 1.56 bits per heavy atom. The topological polar surface area (TPSA) is 84.2 Å². The van der Waals surface area contributed by atoms with Crippen LogP contribution in [0.3, 0.4) is 0 Å². The molecule has 0 aliphatic rings. The quantitative estimate of drug-likeness (QED) is 0.839. The first kappa shape index (κ1) is 15.1. The summed E-state index contributed by atoms with van der Waals surface area (Å²) >= 11 is 0. The van der Waals surface area contributed by atoms with E-state index in [-0.39, 0.29) is 6.54 Å². The highest BCUT2D eigenvalue weighted by atomic mass is 32.2. The lowest BCUT2D eigenvalue weighted by atomic mass is 10.1. The molecule has 0 radical (unpaired) electrons. The van der Waals surface area contributed by atoms with Crippen LogP contribution in [0.15, 0.2) is 11.2 Å². The van der Waals surface area contributed by atoms with Gasteiger partial charge in [-0.1, -0.05) is 0 Å². The van der Waals surface area contributed by atoms with E-state index in [0.717, 1.165) is 10.9 Å². The van der Waals surface area contributed by atoms with E-state index in [0.29, 0.717) is 0 Å². The highest BCUT2D eigenvalue weighted by molar-refractivity contribution is 7.89. The molecule has 0 saturated carbocycles. The van der Waals surface area contributed by atoms with E-state index in [1.807, 2.05) is 0 Å². The van der Waals surface area contributed by atoms with Gasteiger partial charge in [-0.05, 0) is 27.7 Å². The molecule has 6 nitrogen and oxygen atoms in total. The van der Waals surface area contributed by atoms with Gasteiger partial charge < -0.3 is 5.11 Å². The number of aromatic nitrogens is 2. The standard InChI is InChI=1S/C10H18FN3O3S/c1-7(15)5-14-6-8(11)9(12-14)18(16,17)13-10(2,3)4/h6-7,13,15H,5H2,1-4H3. The second-order valence-electron chi connectivity index (χ2n) is 5.21. The van der Waals surface area contributed by atoms with E-state index in [9.17, 15) is 12.8 Å². The van der Waals surface area contributed by atoms with Crippen molar-refractivity contribution in [2.75, 3.05) is 0 Å². The second-order valence-corrected chi connectivity index (χ2v) is 6.81. The molecule has 0 amide bonds. The third-order valence-electron chi connectivity index (χ3n) is 1.83. The average molecular weight is 279 g/mol. The Morgan fingerprint density at radius 2 is 2.11 bits per heavy atom. The van der Waals surface area contributed by atoms with Crippen molar-refractivity contribution in [2.45, 2.75) is 50.9 Å². The van der Waals surface area contributed by atoms with Gasteiger partial charge in [-0.2, -0.15) is 5.10 Å². The summed E-state index contributed by atoms with van der Waals surface area (Å²) in [5.74, 6) is -0.938. The van der Waals surface area contributed by atoms with Crippen LogP contribution >= 0.6 is 0 Å². The third-order valence-corrected chi connectivity index (χ3v) is 3.50. The van der Waals surface area contributed by atoms with Crippen molar-refractivity contribution in [3.8, 4) is 0 Å². The molecule has 104 valence electrons. The SMILES string of the molecule is CC(O)Cn1cc(F)c(S(=O)(=O)NC(C)(C)C)n1. The van der Waals surface area contributed by atoms with Crippen LogP contribution in [0.2, 0.25) is 0 Å². The van der Waals surface area contributed by atoms with Crippen LogP contribution in [0.4, 0.5) is 4.39 Å². The van der Waals surface area contributed by atoms with Crippen LogP contribution in [-0.2, 0) is 16.6 Å². The highest BCUT2D eigenvalue weighted by Gasteiger charge is 2.28. The fourth-order valence-corrected chi connectivity index (χ4v) is 2.80. The molecule has 1 aromatic heterocycles. The molecule has 18 heavy (non-hydrogen) atoms. The van der Waals surface area contributed by atoms with Gasteiger partial charge in [0.2, 0.25) is 5.03 Å². The number of rotatable bonds is 4. The molecule has 0 saturated heterocycles. The number of aliphatic hydroxyl groups is 1. The minimum Gasteiger partial charge on any atom is -0.391 e. The van der Waals surface area contributed by atoms with Gasteiger partial charge in [0, 0.05) is 5.54 Å². The molecule has 2 N–H and O–H groups in total. The zero-order chi connectivity index (χ0) is 14.1. The van der Waals surface area contributed by atoms with Gasteiger partial charge in [0.1, 0.15) is 0 Å². The van der Waals surface area contributed by atoms with E-state index in [4.69, 9.17) is 5.11 Å². The van der Waals surface area contributed by atoms with Gasteiger partial charge in [-0.15, -0.1) is 0 Å². The summed E-state index contributed by atoms with van der Waals surface area (Å²) in [6.45, 7) is 6.48. The zero-order valence-electron chi connectivity index (χ0n) is 10.8. The molecule has 0 spiro atoms. The lowest BCUT2D eigenvalue weighted by Gasteiger charge is -2.19. The Kier molecular flexibility index (Phi) is 4.14. The van der Waals surface area contributed by atoms with Crippen molar-refractivity contribution < 1.29 is 17.9 Å². The van der Waals surface area contributed by atoms with Crippen molar-refractivity contribution >= 4 is 10.0 Å². The minimum absolute atomic E-state index is 0.0297. The normalized spacial score (nSPS) is 14.8. The molecule has 1 atom stereocenters. The number of aliphatic hydroxyl groups excluding tert-OH is 1. The van der Waals surface area contributed by atoms with Gasteiger partial charge in [-0.3, -0.25) is 4.68 Å². The first-order valence-electron chi connectivity index (χ1n) is 5.46. The van der Waals surface area contributed by atoms with E-state index < -0.39 is 32.5 Å². The number of hydrogen-bond donors (Lipinski definition) is 2. The molecule has 1 aromatic rings. The van der Waals surface area contributed by atoms with Gasteiger partial charge in [0.05, 0.1) is 18.8 Å². The summed E-state index contributed by atoms with van der Waals surface area (Å²) in [6, 6.07) is 0. The van der Waals surface area contributed by atoms with Crippen molar-refractivity contribution in [2.24, 2.45) is 0 Å². The van der Waals surface area contributed by atoms with Crippen LogP contribution in [-0.4, -0.2) is 34.9 Å². The van der Waals surface area contributed by atoms with Crippen LogP contribution in [0.1, 0.15) is 27.7 Å². The van der Waals surface area contributed by atoms with E-state index >= 15 is 0 Å². The Balaban J connectivity index is 3.06. The Bertz CT molecular complexity index is 517. The van der Waals surface area contributed by atoms with Crippen LogP contribution in [0.5, 0.6) is 0 Å². The number of nitrogens with one attached hydrogen (secondary N) is 1. The first-order chi connectivity index (χ1) is 8.01. The maximum atomic E-state index is 13.5. The largest absolute Gasteiger partial charge is 0.391 e. The van der Waals surface area contributed by atoms with Gasteiger partial charge in [0.25, 0.3) is 10.0 Å². The lowest BCUT2D eigenvalue weighted by Crippen LogP contribution is -2.41. The fourth-order valence-electron chi connectivity index (χ4n) is 1.38. The smallest absolute Gasteiger partial charge is 0.263 e. The summed E-state index contributed by atoms with van der Waals surface area (Å²) in [5.41, 5.74) is -0.723. The molecule has 0 bridgehead atoms. The van der Waals surface area contributed by atoms with E-state index in [2.05, 4.69) is 9.82 Å². The van der Waals surface area contributed by atoms with Crippen LogP contribution in [0.25, 0.3) is 0 Å². The average Bonchev–Trinajstić information content (AvgIpc) is 2.41. The maximum absolute atomic E-state index is 13.5. The zero-order valence-corrected chi connectivity index (χ0v) is 11.6. The molecule has 1 unspecified atom stereocenters. The van der Waals surface area contributed by atoms with Crippen molar-refractivity contribution in [3.05, 3.63) is 12.0 Å². The molecule has 0 fully saturated rings. The minimum atomic E-state index is -4.00. The number of halogens is 1. The fraction of sp³-hybridized carbons (Fsp3) is 0.700. The number of nitrogens with zero attached hydrogens (tertiary/aromatic N) is 2. The van der Waals surface area contributed by atoms with E-state index in [1.165, 1.54) is 6.92 Å². The summed E-state index contributed by atoms with van der Waals surface area (Å²) in [6.07, 6.45) is 0.208. The number of hydrogen-bond acceptors (Lipinski definition) is 4. The molecular formula is C10H18FN3O3S. The molecule has 1 rings (SSSR count). The molecule has 1 heterocycles. The monoisotopic (exact) mass is 279 g/mol. The van der Waals surface area contributed by atoms with Crippen LogP contribution < -0.4 is 4.72 Å². The van der Waals surface area contributed by atoms with Gasteiger partial charge >= 0.3 is 0 Å². The Hall–Kier alpha value is -0.990. The molecule has 0 aromatic carbocycles. The Labute approximate surface area is 106 Å². The second kappa shape index (κ2) is 4.94. The third kappa shape index (κ3) is 4.04. The van der Waals surface area contributed by atoms with Crippen molar-refractivity contribution in [1.29, 1.82) is 0 Å².